The Morgan fingerprint density at radius 2 is 2.12 bits per heavy atom. The molecule has 0 saturated carbocycles. The Morgan fingerprint density at radius 3 is 2.25 bits per heavy atom. The van der Waals surface area contributed by atoms with Crippen LogP contribution < -0.4 is 0 Å². The van der Waals surface area contributed by atoms with E-state index in [9.17, 15) is 0 Å². The average Bonchev–Trinajstić information content (AvgIpc) is 1.86. The first-order chi connectivity index (χ1) is 3.63. The van der Waals surface area contributed by atoms with Gasteiger partial charge in [0.05, 0.1) is 6.10 Å². The largest absolute Gasteiger partial charge is 0.372 e. The van der Waals surface area contributed by atoms with Crippen LogP contribution in [0.1, 0.15) is 27.2 Å². The fourth-order valence-electron chi connectivity index (χ4n) is 0.831. The van der Waals surface area contributed by atoms with Gasteiger partial charge in [0.15, 0.2) is 0 Å². The van der Waals surface area contributed by atoms with Gasteiger partial charge < -0.3 is 4.74 Å². The highest BCUT2D eigenvalue weighted by Crippen LogP contribution is 2.38. The Balaban J connectivity index is 2.54. The maximum absolute atomic E-state index is 5.28. The van der Waals surface area contributed by atoms with Crippen LogP contribution in [0.25, 0.3) is 0 Å². The predicted octanol–water partition coefficient (Wildman–Crippen LogP) is 1.98. The van der Waals surface area contributed by atoms with Crippen molar-refractivity contribution in [1.82, 2.24) is 0 Å². The first kappa shape index (κ1) is 6.09. The molecule has 1 aliphatic rings. The monoisotopic (exact) mass is 113 g/mol. The quantitative estimate of drug-likeness (QED) is 0.466. The summed E-state index contributed by atoms with van der Waals surface area (Å²) >= 11 is 0. The molecule has 0 aromatic carbocycles. The van der Waals surface area contributed by atoms with Crippen LogP contribution in [0.3, 0.4) is 0 Å². The maximum Gasteiger partial charge on any atom is 0.0996 e. The lowest BCUT2D eigenvalue weighted by Crippen LogP contribution is -2.12. The normalized spacial score (nSPS) is 28.9. The number of hydrogen-bond donors (Lipinski definition) is 0. The van der Waals surface area contributed by atoms with Crippen molar-refractivity contribution in [2.24, 2.45) is 5.41 Å². The second-order valence-electron chi connectivity index (χ2n) is 3.04. The van der Waals surface area contributed by atoms with Crippen molar-refractivity contribution in [2.45, 2.75) is 27.2 Å². The van der Waals surface area contributed by atoms with Crippen LogP contribution in [0, 0.1) is 11.5 Å². The molecule has 1 aliphatic heterocycles. The van der Waals surface area contributed by atoms with Crippen LogP contribution in [-0.2, 0) is 4.74 Å². The van der Waals surface area contributed by atoms with E-state index in [1.165, 1.54) is 12.5 Å². The van der Waals surface area contributed by atoms with Gasteiger partial charge >= 0.3 is 0 Å². The molecule has 1 saturated heterocycles. The van der Waals surface area contributed by atoms with Crippen molar-refractivity contribution in [1.29, 1.82) is 0 Å². The van der Waals surface area contributed by atoms with E-state index in [0.717, 1.165) is 6.61 Å². The zero-order chi connectivity index (χ0) is 6.20. The van der Waals surface area contributed by atoms with E-state index in [1.807, 2.05) is 0 Å². The third-order valence-electron chi connectivity index (χ3n) is 2.00. The molecule has 1 rings (SSSR count). The summed E-state index contributed by atoms with van der Waals surface area (Å²) in [5.41, 5.74) is 0.347. The van der Waals surface area contributed by atoms with Gasteiger partial charge in [-0.1, -0.05) is 13.8 Å². The second-order valence-corrected chi connectivity index (χ2v) is 3.04. The highest BCUT2D eigenvalue weighted by atomic mass is 16.5. The summed E-state index contributed by atoms with van der Waals surface area (Å²) in [4.78, 5) is 0. The molecular weight excluding hydrogens is 100 g/mol. The summed E-state index contributed by atoms with van der Waals surface area (Å²) < 4.78 is 5.28. The van der Waals surface area contributed by atoms with Crippen LogP contribution in [0.5, 0.6) is 0 Å². The summed E-state index contributed by atoms with van der Waals surface area (Å²) in [6.45, 7) is 7.41. The maximum atomic E-state index is 5.28. The van der Waals surface area contributed by atoms with Gasteiger partial charge in [0.25, 0.3) is 0 Å². The smallest absolute Gasteiger partial charge is 0.0996 e. The fraction of sp³-hybridized carbons (Fsp3) is 0.857. The van der Waals surface area contributed by atoms with Gasteiger partial charge in [-0.3, -0.25) is 0 Å². The molecule has 8 heavy (non-hydrogen) atoms. The van der Waals surface area contributed by atoms with Crippen LogP contribution >= 0.6 is 0 Å². The predicted molar refractivity (Wildman–Crippen MR) is 33.3 cm³/mol. The summed E-state index contributed by atoms with van der Waals surface area (Å²) in [5, 5.41) is 0. The lowest BCUT2D eigenvalue weighted by Gasteiger charge is -2.19. The van der Waals surface area contributed by atoms with E-state index in [0.29, 0.717) is 5.41 Å². The SMILES string of the molecule is C[C]1OCCC1(C)C. The molecule has 1 radical (unpaired) electrons. The Kier molecular flexibility index (Phi) is 1.31. The average molecular weight is 113 g/mol. The van der Waals surface area contributed by atoms with E-state index >= 15 is 0 Å². The van der Waals surface area contributed by atoms with Gasteiger partial charge in [-0.05, 0) is 18.8 Å². The molecule has 47 valence electrons. The Bertz CT molecular complexity index is 86.4. The second kappa shape index (κ2) is 1.73. The molecule has 0 amide bonds. The lowest BCUT2D eigenvalue weighted by atomic mass is 9.87. The fourth-order valence-corrected chi connectivity index (χ4v) is 0.831. The molecule has 0 atom stereocenters. The van der Waals surface area contributed by atoms with Gasteiger partial charge in [-0.15, -0.1) is 0 Å². The first-order valence-electron chi connectivity index (χ1n) is 3.10. The standard InChI is InChI=1S/C7H13O/c1-6-7(2,3)4-5-8-6/h4-5H2,1-3H3. The van der Waals surface area contributed by atoms with E-state index in [2.05, 4.69) is 20.8 Å². The molecule has 0 bridgehead atoms. The Labute approximate surface area is 51.0 Å². The molecular formula is C7H13O. The molecule has 1 nitrogen and oxygen atoms in total. The van der Waals surface area contributed by atoms with Crippen molar-refractivity contribution in [3.05, 3.63) is 6.10 Å². The van der Waals surface area contributed by atoms with E-state index in [1.54, 1.807) is 0 Å². The molecule has 0 spiro atoms. The van der Waals surface area contributed by atoms with Crippen molar-refractivity contribution in [3.8, 4) is 0 Å². The van der Waals surface area contributed by atoms with E-state index < -0.39 is 0 Å². The van der Waals surface area contributed by atoms with Crippen molar-refractivity contribution >= 4 is 0 Å². The van der Waals surface area contributed by atoms with Crippen LogP contribution in [0.15, 0.2) is 0 Å². The number of hydrogen-bond acceptors (Lipinski definition) is 1. The van der Waals surface area contributed by atoms with Crippen molar-refractivity contribution in [2.75, 3.05) is 6.61 Å². The molecule has 1 fully saturated rings. The topological polar surface area (TPSA) is 9.23 Å². The van der Waals surface area contributed by atoms with Crippen molar-refractivity contribution < 1.29 is 4.74 Å². The summed E-state index contributed by atoms with van der Waals surface area (Å²) in [6.07, 6.45) is 2.37. The zero-order valence-corrected chi connectivity index (χ0v) is 5.82. The summed E-state index contributed by atoms with van der Waals surface area (Å²) in [5.74, 6) is 0. The molecule has 0 aromatic rings. The molecule has 0 N–H and O–H groups in total. The van der Waals surface area contributed by atoms with E-state index in [4.69, 9.17) is 4.74 Å². The van der Waals surface area contributed by atoms with Gasteiger partial charge in [0, 0.05) is 6.61 Å². The third kappa shape index (κ3) is 0.873. The molecule has 0 aliphatic carbocycles. The zero-order valence-electron chi connectivity index (χ0n) is 5.82. The summed E-state index contributed by atoms with van der Waals surface area (Å²) in [7, 11) is 0. The minimum atomic E-state index is 0.347. The number of ether oxygens (including phenoxy) is 1. The molecule has 1 heteroatoms. The Hall–Kier alpha value is -0.0400. The highest BCUT2D eigenvalue weighted by molar-refractivity contribution is 4.94. The van der Waals surface area contributed by atoms with Crippen LogP contribution in [-0.4, -0.2) is 6.61 Å². The highest BCUT2D eigenvalue weighted by Gasteiger charge is 2.32. The lowest BCUT2D eigenvalue weighted by molar-refractivity contribution is 0.177. The molecule has 0 unspecified atom stereocenters. The third-order valence-corrected chi connectivity index (χ3v) is 2.00. The first-order valence-corrected chi connectivity index (χ1v) is 3.10. The van der Waals surface area contributed by atoms with Crippen molar-refractivity contribution in [3.63, 3.8) is 0 Å². The minimum absolute atomic E-state index is 0.347. The number of rotatable bonds is 0. The van der Waals surface area contributed by atoms with Crippen LogP contribution in [0.2, 0.25) is 0 Å². The van der Waals surface area contributed by atoms with Crippen LogP contribution in [0.4, 0.5) is 0 Å². The van der Waals surface area contributed by atoms with Gasteiger partial charge in [-0.25, -0.2) is 0 Å². The summed E-state index contributed by atoms with van der Waals surface area (Å²) in [6, 6.07) is 0. The molecule has 0 aromatic heterocycles. The van der Waals surface area contributed by atoms with Gasteiger partial charge in [0.2, 0.25) is 0 Å². The minimum Gasteiger partial charge on any atom is -0.372 e. The Morgan fingerprint density at radius 1 is 1.50 bits per heavy atom. The van der Waals surface area contributed by atoms with E-state index in [-0.39, 0.29) is 0 Å². The molecule has 1 heterocycles. The van der Waals surface area contributed by atoms with Gasteiger partial charge in [-0.2, -0.15) is 0 Å². The van der Waals surface area contributed by atoms with Gasteiger partial charge in [0.1, 0.15) is 0 Å².